The lowest BCUT2D eigenvalue weighted by atomic mass is 9.94. The quantitative estimate of drug-likeness (QED) is 0.555. The Kier molecular flexibility index (Phi) is 5.42. The number of benzene rings is 2. The first kappa shape index (κ1) is 19.9. The molecular formula is C24H21NO4S. The van der Waals surface area contributed by atoms with Crippen molar-refractivity contribution in [3.63, 3.8) is 0 Å². The lowest BCUT2D eigenvalue weighted by Gasteiger charge is -2.27. The van der Waals surface area contributed by atoms with E-state index in [1.807, 2.05) is 38.1 Å². The molecule has 1 atom stereocenters. The first-order valence-corrected chi connectivity index (χ1v) is 10.5. The van der Waals surface area contributed by atoms with Crippen molar-refractivity contribution in [3.05, 3.63) is 93.4 Å². The second kappa shape index (κ2) is 8.16. The first-order valence-electron chi connectivity index (χ1n) is 9.65. The number of ether oxygens (including phenoxy) is 1. The number of nitrogens with zero attached hydrogens (tertiary/aromatic N) is 1. The molecule has 0 radical (unpaired) electrons. The van der Waals surface area contributed by atoms with Gasteiger partial charge in [0.1, 0.15) is 5.75 Å². The fourth-order valence-corrected chi connectivity index (χ4v) is 4.35. The predicted octanol–water partition coefficient (Wildman–Crippen LogP) is 5.24. The van der Waals surface area contributed by atoms with Crippen molar-refractivity contribution in [1.29, 1.82) is 0 Å². The third-order valence-corrected chi connectivity index (χ3v) is 5.85. The van der Waals surface area contributed by atoms with Crippen molar-refractivity contribution in [2.75, 3.05) is 11.5 Å². The molecule has 1 aromatic heterocycles. The molecule has 0 spiro atoms. The fraction of sp³-hybridized carbons (Fsp3) is 0.167. The standard InChI is InChI=1S/C24H21NO4S/c1-3-29-18-11-9-17(10-12-18)25-21(16-7-4-6-15(2)14-16)20(23(27)24(25)28)22(26)19-8-5-13-30-19/h4-14,21,27H,3H2,1-2H3. The minimum Gasteiger partial charge on any atom is -0.503 e. The van der Waals surface area contributed by atoms with E-state index in [4.69, 9.17) is 4.74 Å². The third kappa shape index (κ3) is 3.50. The Labute approximate surface area is 178 Å². The number of hydrogen-bond acceptors (Lipinski definition) is 5. The van der Waals surface area contributed by atoms with Gasteiger partial charge in [-0.3, -0.25) is 14.5 Å². The van der Waals surface area contributed by atoms with Crippen molar-refractivity contribution in [2.24, 2.45) is 0 Å². The number of aryl methyl sites for hydroxylation is 1. The molecule has 1 amide bonds. The molecule has 5 nitrogen and oxygen atoms in total. The summed E-state index contributed by atoms with van der Waals surface area (Å²) in [5, 5.41) is 12.5. The average Bonchev–Trinajstić information content (AvgIpc) is 3.36. The van der Waals surface area contributed by atoms with Gasteiger partial charge in [-0.25, -0.2) is 0 Å². The molecule has 152 valence electrons. The molecule has 0 fully saturated rings. The number of carbonyl (C=O) groups excluding carboxylic acids is 2. The normalized spacial score (nSPS) is 16.3. The van der Waals surface area contributed by atoms with E-state index in [1.54, 1.807) is 41.8 Å². The van der Waals surface area contributed by atoms with Crippen molar-refractivity contribution in [2.45, 2.75) is 19.9 Å². The smallest absolute Gasteiger partial charge is 0.294 e. The fourth-order valence-electron chi connectivity index (χ4n) is 3.67. The number of aliphatic hydroxyl groups is 1. The molecule has 0 bridgehead atoms. The van der Waals surface area contributed by atoms with Gasteiger partial charge in [0.15, 0.2) is 5.76 Å². The van der Waals surface area contributed by atoms with Crippen molar-refractivity contribution >= 4 is 28.7 Å². The van der Waals surface area contributed by atoms with Gasteiger partial charge in [0.05, 0.1) is 23.1 Å². The second-order valence-electron chi connectivity index (χ2n) is 6.99. The van der Waals surface area contributed by atoms with Gasteiger partial charge in [-0.1, -0.05) is 35.9 Å². The summed E-state index contributed by atoms with van der Waals surface area (Å²) in [7, 11) is 0. The Hall–Kier alpha value is -3.38. The molecule has 1 aliphatic rings. The maximum absolute atomic E-state index is 13.2. The van der Waals surface area contributed by atoms with Crippen LogP contribution in [0.4, 0.5) is 5.69 Å². The number of amides is 1. The van der Waals surface area contributed by atoms with Crippen molar-refractivity contribution in [1.82, 2.24) is 0 Å². The summed E-state index contributed by atoms with van der Waals surface area (Å²) in [5.74, 6) is -0.748. The molecule has 0 aliphatic carbocycles. The molecule has 30 heavy (non-hydrogen) atoms. The number of anilines is 1. The van der Waals surface area contributed by atoms with Crippen LogP contribution in [0.2, 0.25) is 0 Å². The highest BCUT2D eigenvalue weighted by atomic mass is 32.1. The summed E-state index contributed by atoms with van der Waals surface area (Å²) in [5.41, 5.74) is 2.44. The van der Waals surface area contributed by atoms with E-state index < -0.39 is 17.7 Å². The molecule has 1 unspecified atom stereocenters. The molecular weight excluding hydrogens is 398 g/mol. The number of hydrogen-bond donors (Lipinski definition) is 1. The minimum atomic E-state index is -0.718. The average molecular weight is 420 g/mol. The molecule has 1 N–H and O–H groups in total. The van der Waals surface area contributed by atoms with Crippen LogP contribution in [0.15, 0.2) is 77.4 Å². The van der Waals surface area contributed by atoms with Crippen molar-refractivity contribution < 1.29 is 19.4 Å². The summed E-state index contributed by atoms with van der Waals surface area (Å²) in [4.78, 5) is 28.3. The number of Topliss-reactive ketones (excluding diaryl/α,β-unsaturated/α-hetero) is 1. The molecule has 6 heteroatoms. The van der Waals surface area contributed by atoms with Crippen LogP contribution in [0.5, 0.6) is 5.75 Å². The summed E-state index contributed by atoms with van der Waals surface area (Å²) in [6.07, 6.45) is 0. The van der Waals surface area contributed by atoms with Gasteiger partial charge in [-0.15, -0.1) is 11.3 Å². The zero-order valence-electron chi connectivity index (χ0n) is 16.7. The van der Waals surface area contributed by atoms with E-state index in [-0.39, 0.29) is 11.4 Å². The highest BCUT2D eigenvalue weighted by Crippen LogP contribution is 2.42. The van der Waals surface area contributed by atoms with E-state index >= 15 is 0 Å². The zero-order chi connectivity index (χ0) is 21.3. The van der Waals surface area contributed by atoms with Gasteiger partial charge in [0, 0.05) is 5.69 Å². The van der Waals surface area contributed by atoms with Crippen LogP contribution < -0.4 is 9.64 Å². The van der Waals surface area contributed by atoms with Gasteiger partial charge in [-0.05, 0) is 55.1 Å². The molecule has 4 rings (SSSR count). The van der Waals surface area contributed by atoms with Gasteiger partial charge < -0.3 is 9.84 Å². The molecule has 2 aromatic carbocycles. The minimum absolute atomic E-state index is 0.0990. The van der Waals surface area contributed by atoms with Crippen LogP contribution in [0.1, 0.15) is 33.8 Å². The highest BCUT2D eigenvalue weighted by Gasteiger charge is 2.44. The molecule has 0 saturated heterocycles. The van der Waals surface area contributed by atoms with Crippen LogP contribution in [0.25, 0.3) is 0 Å². The Morgan fingerprint density at radius 2 is 1.90 bits per heavy atom. The predicted molar refractivity (Wildman–Crippen MR) is 117 cm³/mol. The summed E-state index contributed by atoms with van der Waals surface area (Å²) >= 11 is 1.28. The van der Waals surface area contributed by atoms with Crippen LogP contribution in [-0.4, -0.2) is 23.4 Å². The van der Waals surface area contributed by atoms with E-state index in [9.17, 15) is 14.7 Å². The number of ketones is 1. The van der Waals surface area contributed by atoms with Crippen LogP contribution in [-0.2, 0) is 4.79 Å². The number of carbonyl (C=O) groups is 2. The maximum Gasteiger partial charge on any atom is 0.294 e. The van der Waals surface area contributed by atoms with E-state index in [1.165, 1.54) is 16.2 Å². The second-order valence-corrected chi connectivity index (χ2v) is 7.94. The Balaban J connectivity index is 1.83. The number of rotatable bonds is 6. The van der Waals surface area contributed by atoms with E-state index in [0.717, 1.165) is 11.1 Å². The number of thiophene rings is 1. The van der Waals surface area contributed by atoms with E-state index in [0.29, 0.717) is 22.9 Å². The first-order chi connectivity index (χ1) is 14.5. The van der Waals surface area contributed by atoms with Gasteiger partial charge in [0.2, 0.25) is 5.78 Å². The van der Waals surface area contributed by atoms with Gasteiger partial charge >= 0.3 is 0 Å². The topological polar surface area (TPSA) is 66.8 Å². The van der Waals surface area contributed by atoms with E-state index in [2.05, 4.69) is 0 Å². The molecule has 1 aliphatic heterocycles. The van der Waals surface area contributed by atoms with Gasteiger partial charge in [0.25, 0.3) is 5.91 Å². The lowest BCUT2D eigenvalue weighted by molar-refractivity contribution is -0.117. The summed E-state index contributed by atoms with van der Waals surface area (Å²) in [6, 6.07) is 17.5. The maximum atomic E-state index is 13.2. The Morgan fingerprint density at radius 3 is 2.53 bits per heavy atom. The highest BCUT2D eigenvalue weighted by molar-refractivity contribution is 7.12. The van der Waals surface area contributed by atoms with Crippen LogP contribution in [0, 0.1) is 6.92 Å². The molecule has 3 aromatic rings. The Morgan fingerprint density at radius 1 is 1.13 bits per heavy atom. The van der Waals surface area contributed by atoms with Gasteiger partial charge in [-0.2, -0.15) is 0 Å². The zero-order valence-corrected chi connectivity index (χ0v) is 17.5. The monoisotopic (exact) mass is 419 g/mol. The van der Waals surface area contributed by atoms with Crippen molar-refractivity contribution in [3.8, 4) is 5.75 Å². The summed E-state index contributed by atoms with van der Waals surface area (Å²) < 4.78 is 5.49. The number of aliphatic hydroxyl groups excluding tert-OH is 1. The largest absolute Gasteiger partial charge is 0.503 e. The third-order valence-electron chi connectivity index (χ3n) is 4.98. The molecule has 0 saturated carbocycles. The summed E-state index contributed by atoms with van der Waals surface area (Å²) in [6.45, 7) is 4.39. The molecule has 2 heterocycles. The van der Waals surface area contributed by atoms with Crippen LogP contribution >= 0.6 is 11.3 Å². The lowest BCUT2D eigenvalue weighted by Crippen LogP contribution is -2.31. The van der Waals surface area contributed by atoms with Crippen LogP contribution in [0.3, 0.4) is 0 Å². The Bertz CT molecular complexity index is 1120. The SMILES string of the molecule is CCOc1ccc(N2C(=O)C(O)=C(C(=O)c3cccs3)C2c2cccc(C)c2)cc1.